The molecular weight excluding hydrogens is 278 g/mol. The molecule has 0 aliphatic carbocycles. The zero-order valence-electron chi connectivity index (χ0n) is 13.0. The fourth-order valence-electron chi connectivity index (χ4n) is 2.77. The van der Waals surface area contributed by atoms with Gasteiger partial charge in [-0.15, -0.1) is 0 Å². The number of nitrogens with zero attached hydrogens (tertiary/aromatic N) is 3. The van der Waals surface area contributed by atoms with Crippen molar-refractivity contribution in [2.45, 2.75) is 25.6 Å². The van der Waals surface area contributed by atoms with Crippen molar-refractivity contribution < 1.29 is 9.47 Å². The summed E-state index contributed by atoms with van der Waals surface area (Å²) in [6.07, 6.45) is 7.05. The highest BCUT2D eigenvalue weighted by atomic mass is 16.5. The summed E-state index contributed by atoms with van der Waals surface area (Å²) in [6.45, 7) is 4.59. The van der Waals surface area contributed by atoms with Crippen molar-refractivity contribution in [2.75, 3.05) is 26.8 Å². The average Bonchev–Trinajstić information content (AvgIpc) is 3.20. The maximum absolute atomic E-state index is 5.76. The van der Waals surface area contributed by atoms with Crippen LogP contribution < -0.4 is 4.74 Å². The molecule has 1 aromatic carbocycles. The van der Waals surface area contributed by atoms with Gasteiger partial charge < -0.3 is 14.0 Å². The Kier molecular flexibility index (Phi) is 5.08. The van der Waals surface area contributed by atoms with Crippen LogP contribution in [-0.2, 0) is 17.8 Å². The molecule has 1 atom stereocenters. The van der Waals surface area contributed by atoms with Crippen LogP contribution in [-0.4, -0.2) is 47.4 Å². The third kappa shape index (κ3) is 4.08. The minimum Gasteiger partial charge on any atom is -0.492 e. The number of rotatable bonds is 7. The molecule has 118 valence electrons. The van der Waals surface area contributed by atoms with E-state index in [1.807, 2.05) is 22.9 Å². The first-order chi connectivity index (χ1) is 10.8. The summed E-state index contributed by atoms with van der Waals surface area (Å²) >= 11 is 0. The molecule has 5 nitrogen and oxygen atoms in total. The zero-order chi connectivity index (χ0) is 15.2. The van der Waals surface area contributed by atoms with E-state index < -0.39 is 0 Å². The fourth-order valence-corrected chi connectivity index (χ4v) is 2.77. The molecule has 0 unspecified atom stereocenters. The van der Waals surface area contributed by atoms with Gasteiger partial charge in [-0.25, -0.2) is 4.98 Å². The van der Waals surface area contributed by atoms with Gasteiger partial charge >= 0.3 is 0 Å². The van der Waals surface area contributed by atoms with Crippen LogP contribution in [0.1, 0.15) is 12.0 Å². The summed E-state index contributed by atoms with van der Waals surface area (Å²) in [4.78, 5) is 6.45. The van der Waals surface area contributed by atoms with Crippen LogP contribution in [0.25, 0.3) is 0 Å². The summed E-state index contributed by atoms with van der Waals surface area (Å²) < 4.78 is 13.2. The van der Waals surface area contributed by atoms with Gasteiger partial charge in [0.05, 0.1) is 19.0 Å². The first kappa shape index (κ1) is 15.1. The molecule has 3 rings (SSSR count). The summed E-state index contributed by atoms with van der Waals surface area (Å²) in [5, 5.41) is 0. The van der Waals surface area contributed by atoms with Gasteiger partial charge in [0, 0.05) is 39.1 Å². The molecule has 0 bridgehead atoms. The van der Waals surface area contributed by atoms with Crippen LogP contribution >= 0.6 is 0 Å². The van der Waals surface area contributed by atoms with Crippen LogP contribution in [0, 0.1) is 0 Å². The van der Waals surface area contributed by atoms with Crippen molar-refractivity contribution in [3.05, 3.63) is 48.5 Å². The standard InChI is InChI=1S/C17H23N3O2/c1-21-17-6-8-20(13-17)12-15-2-4-16(5-3-15)22-11-10-19-9-7-18-14-19/h2-5,7,9,14,17H,6,8,10-13H2,1H3/t17-/m0/s1. The molecule has 2 aromatic rings. The molecule has 1 aliphatic heterocycles. The highest BCUT2D eigenvalue weighted by Crippen LogP contribution is 2.17. The molecular formula is C17H23N3O2. The Morgan fingerprint density at radius 2 is 2.14 bits per heavy atom. The lowest BCUT2D eigenvalue weighted by atomic mass is 10.2. The minimum atomic E-state index is 0.394. The molecule has 0 amide bonds. The van der Waals surface area contributed by atoms with Crippen LogP contribution in [0.2, 0.25) is 0 Å². The van der Waals surface area contributed by atoms with E-state index in [1.165, 1.54) is 5.56 Å². The van der Waals surface area contributed by atoms with Crippen molar-refractivity contribution in [3.63, 3.8) is 0 Å². The van der Waals surface area contributed by atoms with E-state index in [4.69, 9.17) is 9.47 Å². The highest BCUT2D eigenvalue weighted by Gasteiger charge is 2.21. The maximum Gasteiger partial charge on any atom is 0.119 e. The van der Waals surface area contributed by atoms with Crippen molar-refractivity contribution in [1.82, 2.24) is 14.5 Å². The van der Waals surface area contributed by atoms with E-state index in [0.717, 1.165) is 38.3 Å². The second kappa shape index (κ2) is 7.42. The lowest BCUT2D eigenvalue weighted by Crippen LogP contribution is -2.22. The lowest BCUT2D eigenvalue weighted by Gasteiger charge is -2.16. The molecule has 0 radical (unpaired) electrons. The number of hydrogen-bond acceptors (Lipinski definition) is 4. The molecule has 1 aromatic heterocycles. The molecule has 0 spiro atoms. The zero-order valence-corrected chi connectivity index (χ0v) is 13.0. The number of aromatic nitrogens is 2. The molecule has 0 N–H and O–H groups in total. The van der Waals surface area contributed by atoms with Gasteiger partial charge in [-0.2, -0.15) is 0 Å². The second-order valence-corrected chi connectivity index (χ2v) is 5.67. The van der Waals surface area contributed by atoms with Gasteiger partial charge in [0.1, 0.15) is 12.4 Å². The summed E-state index contributed by atoms with van der Waals surface area (Å²) in [6, 6.07) is 8.39. The Labute approximate surface area is 131 Å². The summed E-state index contributed by atoms with van der Waals surface area (Å²) in [7, 11) is 1.80. The van der Waals surface area contributed by atoms with Crippen molar-refractivity contribution in [1.29, 1.82) is 0 Å². The van der Waals surface area contributed by atoms with E-state index in [2.05, 4.69) is 22.0 Å². The monoisotopic (exact) mass is 301 g/mol. The normalized spacial score (nSPS) is 18.7. The number of ether oxygens (including phenoxy) is 2. The third-order valence-corrected chi connectivity index (χ3v) is 4.07. The number of likely N-dealkylation sites (tertiary alicyclic amines) is 1. The first-order valence-corrected chi connectivity index (χ1v) is 7.76. The van der Waals surface area contributed by atoms with Gasteiger partial charge in [0.2, 0.25) is 0 Å². The lowest BCUT2D eigenvalue weighted by molar-refractivity contribution is 0.107. The van der Waals surface area contributed by atoms with Gasteiger partial charge in [0.15, 0.2) is 0 Å². The van der Waals surface area contributed by atoms with Crippen molar-refractivity contribution in [3.8, 4) is 5.75 Å². The Bertz CT molecular complexity index is 554. The predicted molar refractivity (Wildman–Crippen MR) is 84.9 cm³/mol. The number of benzene rings is 1. The van der Waals surface area contributed by atoms with Gasteiger partial charge in [-0.1, -0.05) is 12.1 Å². The van der Waals surface area contributed by atoms with E-state index >= 15 is 0 Å². The quantitative estimate of drug-likeness (QED) is 0.786. The van der Waals surface area contributed by atoms with E-state index in [-0.39, 0.29) is 0 Å². The smallest absolute Gasteiger partial charge is 0.119 e. The highest BCUT2D eigenvalue weighted by molar-refractivity contribution is 5.27. The van der Waals surface area contributed by atoms with Crippen LogP contribution in [0.4, 0.5) is 0 Å². The summed E-state index contributed by atoms with van der Waals surface area (Å²) in [5.74, 6) is 0.917. The summed E-state index contributed by atoms with van der Waals surface area (Å²) in [5.41, 5.74) is 1.32. The van der Waals surface area contributed by atoms with Crippen LogP contribution in [0.15, 0.2) is 43.0 Å². The van der Waals surface area contributed by atoms with E-state index in [9.17, 15) is 0 Å². The fraction of sp³-hybridized carbons (Fsp3) is 0.471. The first-order valence-electron chi connectivity index (χ1n) is 7.76. The van der Waals surface area contributed by atoms with Crippen molar-refractivity contribution in [2.24, 2.45) is 0 Å². The van der Waals surface area contributed by atoms with Gasteiger partial charge in [0.25, 0.3) is 0 Å². The number of imidazole rings is 1. The number of hydrogen-bond donors (Lipinski definition) is 0. The largest absolute Gasteiger partial charge is 0.492 e. The molecule has 2 heterocycles. The Morgan fingerprint density at radius 3 is 2.82 bits per heavy atom. The topological polar surface area (TPSA) is 39.5 Å². The molecule has 1 aliphatic rings. The Balaban J connectivity index is 1.44. The SMILES string of the molecule is CO[C@H]1CCN(Cc2ccc(OCCn3ccnc3)cc2)C1. The minimum absolute atomic E-state index is 0.394. The number of methoxy groups -OCH3 is 1. The van der Waals surface area contributed by atoms with Gasteiger partial charge in [-0.3, -0.25) is 4.90 Å². The van der Waals surface area contributed by atoms with E-state index in [0.29, 0.717) is 12.7 Å². The second-order valence-electron chi connectivity index (χ2n) is 5.67. The van der Waals surface area contributed by atoms with Crippen LogP contribution in [0.5, 0.6) is 5.75 Å². The third-order valence-electron chi connectivity index (χ3n) is 4.07. The van der Waals surface area contributed by atoms with Crippen LogP contribution in [0.3, 0.4) is 0 Å². The molecule has 1 saturated heterocycles. The average molecular weight is 301 g/mol. The molecule has 0 saturated carbocycles. The maximum atomic E-state index is 5.76. The molecule has 22 heavy (non-hydrogen) atoms. The Hall–Kier alpha value is -1.85. The van der Waals surface area contributed by atoms with Crippen molar-refractivity contribution >= 4 is 0 Å². The Morgan fingerprint density at radius 1 is 1.27 bits per heavy atom. The van der Waals surface area contributed by atoms with E-state index in [1.54, 1.807) is 19.6 Å². The van der Waals surface area contributed by atoms with Gasteiger partial charge in [-0.05, 0) is 24.1 Å². The molecule has 1 fully saturated rings. The molecule has 5 heteroatoms. The predicted octanol–water partition coefficient (Wildman–Crippen LogP) is 2.18.